The van der Waals surface area contributed by atoms with Crippen molar-refractivity contribution in [3.05, 3.63) is 98.5 Å². The molecule has 2 saturated heterocycles. The minimum absolute atomic E-state index is 0.0239. The minimum Gasteiger partial charge on any atom is -0.496 e. The molecule has 53 heavy (non-hydrogen) atoms. The fraction of sp³-hybridized carbons (Fsp3) is 0.436. The highest BCUT2D eigenvalue weighted by atomic mass is 35.5. The van der Waals surface area contributed by atoms with Gasteiger partial charge in [0, 0.05) is 54.5 Å². The Kier molecular flexibility index (Phi) is 12.3. The maximum atomic E-state index is 16.0. The molecule has 2 fully saturated rings. The van der Waals surface area contributed by atoms with Crippen LogP contribution in [-0.2, 0) is 30.8 Å². The van der Waals surface area contributed by atoms with Crippen LogP contribution in [-0.4, -0.2) is 74.5 Å². The van der Waals surface area contributed by atoms with Crippen LogP contribution in [0.25, 0.3) is 0 Å². The second kappa shape index (κ2) is 16.4. The first-order chi connectivity index (χ1) is 25.1. The van der Waals surface area contributed by atoms with Gasteiger partial charge in [0.15, 0.2) is 5.78 Å². The van der Waals surface area contributed by atoms with Gasteiger partial charge in [-0.2, -0.15) is 5.26 Å². The zero-order valence-corrected chi connectivity index (χ0v) is 31.5. The molecule has 0 aliphatic carbocycles. The number of amides is 1. The molecule has 0 saturated carbocycles. The van der Waals surface area contributed by atoms with Crippen LogP contribution >= 0.6 is 23.2 Å². The van der Waals surface area contributed by atoms with Crippen LogP contribution in [0.3, 0.4) is 0 Å². The summed E-state index contributed by atoms with van der Waals surface area (Å²) in [6.45, 7) is 8.74. The third-order valence-electron chi connectivity index (χ3n) is 9.49. The zero-order chi connectivity index (χ0) is 38.7. The Bertz CT molecular complexity index is 1910. The number of hydrogen-bond acceptors (Lipinski definition) is 9. The number of nitrogens with one attached hydrogen (secondary N) is 1. The maximum Gasteiger partial charge on any atom is 0.413 e. The Hall–Kier alpha value is -4.28. The Labute approximate surface area is 317 Å². The van der Waals surface area contributed by atoms with E-state index in [1.807, 2.05) is 20.8 Å². The predicted molar refractivity (Wildman–Crippen MR) is 193 cm³/mol. The molecule has 5 rings (SSSR count). The summed E-state index contributed by atoms with van der Waals surface area (Å²) in [5.41, 5.74) is -1.80. The smallest absolute Gasteiger partial charge is 0.413 e. The number of rotatable bonds is 10. The number of nitrogens with zero attached hydrogens (tertiary/aromatic N) is 2. The predicted octanol–water partition coefficient (Wildman–Crippen LogP) is 7.39. The van der Waals surface area contributed by atoms with Gasteiger partial charge < -0.3 is 29.2 Å². The number of ether oxygens (including phenoxy) is 4. The molecule has 2 heterocycles. The lowest BCUT2D eigenvalue weighted by Gasteiger charge is -2.37. The molecule has 0 bridgehead atoms. The van der Waals surface area contributed by atoms with E-state index in [9.17, 15) is 19.6 Å². The molecule has 1 amide bonds. The van der Waals surface area contributed by atoms with Crippen molar-refractivity contribution >= 4 is 41.0 Å². The first-order valence-electron chi connectivity index (χ1n) is 17.1. The quantitative estimate of drug-likeness (QED) is 0.166. The van der Waals surface area contributed by atoms with Crippen LogP contribution in [0.4, 0.5) is 13.6 Å². The second-order valence-electron chi connectivity index (χ2n) is 14.3. The Morgan fingerprint density at radius 2 is 1.79 bits per heavy atom. The second-order valence-corrected chi connectivity index (χ2v) is 15.2. The molecule has 282 valence electrons. The number of carbonyl (C=O) groups is 3. The lowest BCUT2D eigenvalue weighted by molar-refractivity contribution is -0.120. The SMILES string of the molecule is COc1cc(C(=O)O[C@H](C)OC(=O)N2CCOCC2)ccc1CC(=O)[C@@H]1N[C@@H](CC(C)(C)C)[C@](C#N)(c2ccc(Cl)cc2F)[C@H]1c1cccc(Cl)c1F. The molecule has 2 aliphatic heterocycles. The van der Waals surface area contributed by atoms with Gasteiger partial charge >= 0.3 is 12.1 Å². The monoisotopic (exact) mass is 771 g/mol. The first-order valence-corrected chi connectivity index (χ1v) is 17.9. The van der Waals surface area contributed by atoms with Gasteiger partial charge in [0.1, 0.15) is 22.8 Å². The average molecular weight is 773 g/mol. The Morgan fingerprint density at radius 1 is 1.08 bits per heavy atom. The van der Waals surface area contributed by atoms with Crippen LogP contribution in [0.15, 0.2) is 54.6 Å². The molecule has 5 atom stereocenters. The first kappa shape index (κ1) is 39.9. The standard InChI is InChI=1S/C39H41Cl2F2N3O7/c1-22(53-37(49)46-13-15-51-16-14-46)52-36(48)24-10-9-23(31(18-24)50-5)17-30(47)35-33(26-7-6-8-28(41)34(26)43)39(21-44,32(45-35)20-38(2,3)4)27-12-11-25(40)19-29(27)42/h6-12,18-19,22,32-33,35,45H,13-17,20H2,1-5H3/t22-,32-,33-,35-,39-/m0/s1. The summed E-state index contributed by atoms with van der Waals surface area (Å²) in [4.78, 5) is 41.4. The molecule has 0 aromatic heterocycles. The number of ketones is 1. The molecule has 2 aliphatic rings. The van der Waals surface area contributed by atoms with Crippen molar-refractivity contribution in [3.63, 3.8) is 0 Å². The number of methoxy groups -OCH3 is 1. The third-order valence-corrected chi connectivity index (χ3v) is 10.0. The van der Waals surface area contributed by atoms with Gasteiger partial charge in [0.25, 0.3) is 0 Å². The van der Waals surface area contributed by atoms with Crippen LogP contribution < -0.4 is 10.1 Å². The van der Waals surface area contributed by atoms with E-state index >= 15 is 8.78 Å². The van der Waals surface area contributed by atoms with Crippen molar-refractivity contribution in [3.8, 4) is 11.8 Å². The molecule has 3 aromatic rings. The molecule has 0 unspecified atom stereocenters. The van der Waals surface area contributed by atoms with Gasteiger partial charge in [-0.3, -0.25) is 4.79 Å². The summed E-state index contributed by atoms with van der Waals surface area (Å²) in [5.74, 6) is -3.90. The summed E-state index contributed by atoms with van der Waals surface area (Å²) in [7, 11) is 1.37. The third kappa shape index (κ3) is 8.60. The van der Waals surface area contributed by atoms with Gasteiger partial charge in [0.2, 0.25) is 6.29 Å². The minimum atomic E-state index is -1.78. The number of benzene rings is 3. The number of Topliss-reactive ketones (excluding diaryl/α,β-unsaturated/α-hetero) is 1. The van der Waals surface area contributed by atoms with E-state index in [1.165, 1.54) is 67.5 Å². The summed E-state index contributed by atoms with van der Waals surface area (Å²) < 4.78 is 53.4. The normalized spacial score (nSPS) is 22.1. The fourth-order valence-corrected chi connectivity index (χ4v) is 7.47. The van der Waals surface area contributed by atoms with Gasteiger partial charge in [-0.05, 0) is 47.7 Å². The summed E-state index contributed by atoms with van der Waals surface area (Å²) in [5, 5.41) is 14.3. The van der Waals surface area contributed by atoms with E-state index in [-0.39, 0.29) is 38.9 Å². The highest BCUT2D eigenvalue weighted by Crippen LogP contribution is 2.53. The summed E-state index contributed by atoms with van der Waals surface area (Å²) in [6, 6.07) is 13.0. The van der Waals surface area contributed by atoms with Gasteiger partial charge in [-0.25, -0.2) is 18.4 Å². The molecule has 10 nitrogen and oxygen atoms in total. The number of esters is 1. The van der Waals surface area contributed by atoms with Crippen molar-refractivity contribution in [2.45, 2.75) is 70.2 Å². The average Bonchev–Trinajstić information content (AvgIpc) is 3.42. The molecule has 0 spiro atoms. The van der Waals surface area contributed by atoms with E-state index in [0.717, 1.165) is 6.07 Å². The van der Waals surface area contributed by atoms with E-state index in [2.05, 4.69) is 11.4 Å². The molecule has 0 radical (unpaired) electrons. The van der Waals surface area contributed by atoms with E-state index < -0.39 is 64.6 Å². The number of nitriles is 1. The number of morpholine rings is 1. The van der Waals surface area contributed by atoms with E-state index in [4.69, 9.17) is 42.1 Å². The van der Waals surface area contributed by atoms with Crippen LogP contribution in [0.1, 0.15) is 67.1 Å². The van der Waals surface area contributed by atoms with Crippen LogP contribution in [0.2, 0.25) is 10.0 Å². The van der Waals surface area contributed by atoms with Crippen molar-refractivity contribution in [2.24, 2.45) is 5.41 Å². The number of carbonyl (C=O) groups excluding carboxylic acids is 3. The number of halogens is 4. The molecular formula is C39H41Cl2F2N3O7. The molecule has 1 N–H and O–H groups in total. The highest BCUT2D eigenvalue weighted by molar-refractivity contribution is 6.31. The topological polar surface area (TPSA) is 127 Å². The van der Waals surface area contributed by atoms with E-state index in [0.29, 0.717) is 38.3 Å². The van der Waals surface area contributed by atoms with Crippen LogP contribution in [0.5, 0.6) is 5.75 Å². The Morgan fingerprint density at radius 3 is 2.43 bits per heavy atom. The van der Waals surface area contributed by atoms with Crippen molar-refractivity contribution in [2.75, 3.05) is 33.4 Å². The summed E-state index contributed by atoms with van der Waals surface area (Å²) >= 11 is 12.4. The van der Waals surface area contributed by atoms with Gasteiger partial charge in [-0.1, -0.05) is 68.2 Å². The lowest BCUT2D eigenvalue weighted by atomic mass is 9.62. The number of hydrogen-bond donors (Lipinski definition) is 1. The van der Waals surface area contributed by atoms with Gasteiger partial charge in [0.05, 0.1) is 43.0 Å². The van der Waals surface area contributed by atoms with Crippen molar-refractivity contribution < 1.29 is 42.1 Å². The zero-order valence-electron chi connectivity index (χ0n) is 30.0. The molecule has 14 heteroatoms. The van der Waals surface area contributed by atoms with Gasteiger partial charge in [-0.15, -0.1) is 0 Å². The molecule has 3 aromatic carbocycles. The Balaban J connectivity index is 1.47. The maximum absolute atomic E-state index is 16.0. The molecular weight excluding hydrogens is 731 g/mol. The fourth-order valence-electron chi connectivity index (χ4n) is 7.13. The lowest BCUT2D eigenvalue weighted by Crippen LogP contribution is -2.44. The van der Waals surface area contributed by atoms with E-state index in [1.54, 1.807) is 0 Å². The summed E-state index contributed by atoms with van der Waals surface area (Å²) in [6.07, 6.45) is -1.80. The van der Waals surface area contributed by atoms with Crippen molar-refractivity contribution in [1.29, 1.82) is 5.26 Å². The van der Waals surface area contributed by atoms with Crippen LogP contribution in [0, 0.1) is 28.4 Å². The largest absolute Gasteiger partial charge is 0.496 e. The highest BCUT2D eigenvalue weighted by Gasteiger charge is 2.61. The van der Waals surface area contributed by atoms with Crippen molar-refractivity contribution in [1.82, 2.24) is 10.2 Å².